The molecule has 0 aliphatic carbocycles. The van der Waals surface area contributed by atoms with E-state index in [-0.39, 0.29) is 43.1 Å². The molecule has 3 heterocycles. The molecule has 2 atom stereocenters. The van der Waals surface area contributed by atoms with Crippen molar-refractivity contribution in [3.63, 3.8) is 0 Å². The number of fused-ring (bicyclic) bond motifs is 2. The molecule has 1 aromatic heterocycles. The number of aromatic nitrogens is 1. The van der Waals surface area contributed by atoms with Gasteiger partial charge in [0.15, 0.2) is 5.69 Å². The number of nitrogens with one attached hydrogen (secondary N) is 1. The molecule has 2 aromatic rings. The molecule has 0 radical (unpaired) electrons. The number of amidine groups is 1. The first-order chi connectivity index (χ1) is 15.8. The first-order valence-electron chi connectivity index (χ1n) is 10.2. The molecule has 2 unspecified atom stereocenters. The van der Waals surface area contributed by atoms with Gasteiger partial charge in [0.2, 0.25) is 17.8 Å². The van der Waals surface area contributed by atoms with E-state index in [2.05, 4.69) is 26.8 Å². The highest BCUT2D eigenvalue weighted by Crippen LogP contribution is 2.35. The van der Waals surface area contributed by atoms with E-state index in [1.165, 1.54) is 23.6 Å². The zero-order chi connectivity index (χ0) is 23.7. The number of para-hydroxylation sites is 1. The van der Waals surface area contributed by atoms with E-state index in [4.69, 9.17) is 4.74 Å². The average Bonchev–Trinajstić information content (AvgIpc) is 3.31. The van der Waals surface area contributed by atoms with E-state index < -0.39 is 24.1 Å². The van der Waals surface area contributed by atoms with Crippen molar-refractivity contribution in [1.82, 2.24) is 14.8 Å². The second kappa shape index (κ2) is 8.92. The van der Waals surface area contributed by atoms with Gasteiger partial charge in [-0.3, -0.25) is 14.6 Å². The summed E-state index contributed by atoms with van der Waals surface area (Å²) in [6.07, 6.45) is 0.580. The number of urea groups is 1. The minimum atomic E-state index is -0.979. The summed E-state index contributed by atoms with van der Waals surface area (Å²) in [6, 6.07) is 5.68. The van der Waals surface area contributed by atoms with Crippen LogP contribution in [0.15, 0.2) is 52.1 Å². The number of hydrogen-bond donors (Lipinski definition) is 3. The minimum Gasteiger partial charge on any atom is -0.493 e. The number of azo groups is 1. The molecular weight excluding hydrogens is 430 g/mol. The van der Waals surface area contributed by atoms with E-state index in [0.29, 0.717) is 10.9 Å². The van der Waals surface area contributed by atoms with Crippen LogP contribution in [0.5, 0.6) is 5.88 Å². The Morgan fingerprint density at radius 2 is 2.06 bits per heavy atom. The lowest BCUT2D eigenvalue weighted by molar-refractivity contribution is -0.545. The number of carbonyl (C=O) groups excluding carboxylic acids is 2. The molecule has 2 aliphatic rings. The number of benzene rings is 1. The quantitative estimate of drug-likeness (QED) is 0.249. The Morgan fingerprint density at radius 1 is 1.30 bits per heavy atom. The monoisotopic (exact) mass is 454 g/mol. The topological polar surface area (TPSA) is 146 Å². The summed E-state index contributed by atoms with van der Waals surface area (Å²) in [7, 11) is 2.88. The van der Waals surface area contributed by atoms with Gasteiger partial charge >= 0.3 is 12.0 Å². The lowest BCUT2D eigenvalue weighted by Crippen LogP contribution is -2.62. The summed E-state index contributed by atoms with van der Waals surface area (Å²) in [5, 5.41) is 29.7. The third-order valence-electron chi connectivity index (χ3n) is 5.36. The lowest BCUT2D eigenvalue weighted by atomic mass is 10.1. The second-order valence-electron chi connectivity index (χ2n) is 7.61. The highest BCUT2D eigenvalue weighted by Gasteiger charge is 2.52. The predicted octanol–water partition coefficient (Wildman–Crippen LogP) is 1.19. The number of aromatic hydroxyl groups is 1. The first-order valence-corrected chi connectivity index (χ1v) is 10.2. The van der Waals surface area contributed by atoms with Crippen molar-refractivity contribution < 1.29 is 29.1 Å². The summed E-state index contributed by atoms with van der Waals surface area (Å²) in [5.74, 6) is -0.475. The molecule has 1 aromatic carbocycles. The number of H-pyrrole nitrogens is 1. The minimum absolute atomic E-state index is 0.00294. The van der Waals surface area contributed by atoms with Crippen LogP contribution in [-0.4, -0.2) is 99.3 Å². The van der Waals surface area contributed by atoms with E-state index in [1.807, 2.05) is 6.07 Å². The fraction of sp³-hybridized carbons (Fsp3) is 0.333. The lowest BCUT2D eigenvalue weighted by Gasteiger charge is -2.32. The van der Waals surface area contributed by atoms with E-state index in [0.717, 1.165) is 4.90 Å². The van der Waals surface area contributed by atoms with Crippen LogP contribution in [0.1, 0.15) is 0 Å². The Kier molecular flexibility index (Phi) is 6.03. The van der Waals surface area contributed by atoms with Gasteiger partial charge in [-0.05, 0) is 11.1 Å². The van der Waals surface area contributed by atoms with Crippen molar-refractivity contribution in [2.75, 3.05) is 33.9 Å². The summed E-state index contributed by atoms with van der Waals surface area (Å²) in [6.45, 7) is 3.77. The van der Waals surface area contributed by atoms with Crippen molar-refractivity contribution in [3.05, 3.63) is 36.9 Å². The molecule has 1 saturated heterocycles. The smallest absolute Gasteiger partial charge is 0.453 e. The van der Waals surface area contributed by atoms with Gasteiger partial charge in [-0.2, -0.15) is 0 Å². The van der Waals surface area contributed by atoms with Crippen LogP contribution in [0.2, 0.25) is 0 Å². The number of nitrogens with zero attached hydrogens (tertiary/aromatic N) is 6. The Hall–Kier alpha value is -3.90. The van der Waals surface area contributed by atoms with Crippen LogP contribution < -0.4 is 0 Å². The maximum Gasteiger partial charge on any atom is 0.453 e. The maximum absolute atomic E-state index is 12.9. The summed E-state index contributed by atoms with van der Waals surface area (Å²) < 4.78 is 6.77. The van der Waals surface area contributed by atoms with Crippen molar-refractivity contribution in [1.29, 1.82) is 0 Å². The Balaban J connectivity index is 1.72. The van der Waals surface area contributed by atoms with Crippen LogP contribution in [0.25, 0.3) is 10.9 Å². The van der Waals surface area contributed by atoms with Crippen molar-refractivity contribution >= 4 is 40.3 Å². The molecule has 3 amide bonds. The van der Waals surface area contributed by atoms with Gasteiger partial charge in [-0.15, -0.1) is 6.58 Å². The summed E-state index contributed by atoms with van der Waals surface area (Å²) >= 11 is 0. The molecule has 33 heavy (non-hydrogen) atoms. The normalized spacial score (nSPS) is 19.6. The van der Waals surface area contributed by atoms with Gasteiger partial charge in [0, 0.05) is 24.6 Å². The number of aromatic amines is 1. The summed E-state index contributed by atoms with van der Waals surface area (Å²) in [5.41, 5.74) is 0.880. The fourth-order valence-corrected chi connectivity index (χ4v) is 3.73. The number of aliphatic hydroxyl groups excluding tert-OH is 1. The molecule has 0 bridgehead atoms. The number of guanidine groups is 1. The van der Waals surface area contributed by atoms with Gasteiger partial charge in [-0.25, -0.2) is 9.37 Å². The number of imide groups is 1. The van der Waals surface area contributed by atoms with Crippen molar-refractivity contribution in [3.8, 4) is 5.88 Å². The number of likely N-dealkylation sites (N-methyl/N-ethyl adjacent to an activating group) is 2. The van der Waals surface area contributed by atoms with Gasteiger partial charge in [0.1, 0.15) is 6.10 Å². The van der Waals surface area contributed by atoms with Gasteiger partial charge < -0.3 is 19.9 Å². The zero-order valence-electron chi connectivity index (χ0n) is 18.2. The molecule has 0 saturated carbocycles. The van der Waals surface area contributed by atoms with Crippen LogP contribution in [0.4, 0.5) is 10.5 Å². The Morgan fingerprint density at radius 3 is 2.82 bits per heavy atom. The molecule has 4 rings (SSSR count). The van der Waals surface area contributed by atoms with Crippen molar-refractivity contribution in [2.45, 2.75) is 12.1 Å². The SMILES string of the molecule is C=CCOCC(O)C[N+]1=C(N=Nc2c(O)[nH]c3ccccc23)N=C2C1C(=O)N(C)C(=O)N2C. The van der Waals surface area contributed by atoms with Crippen molar-refractivity contribution in [2.24, 2.45) is 15.2 Å². The Bertz CT molecular complexity index is 1210. The highest BCUT2D eigenvalue weighted by atomic mass is 16.5. The van der Waals surface area contributed by atoms with E-state index in [9.17, 15) is 19.8 Å². The molecule has 2 aliphatic heterocycles. The standard InChI is InChI=1S/C21H23N7O5/c1-4-9-33-11-12(29)10-28-16-17(26(2)21(32)27(3)19(16)31)23-20(28)25-24-15-13-7-5-6-8-14(13)22-18(15)30/h4-8,12,16,29H,1,9-11H2,2-3H3,(H,22,24,30)/p+1. The van der Waals surface area contributed by atoms with Crippen LogP contribution >= 0.6 is 0 Å². The molecule has 12 nitrogen and oxygen atoms in total. The van der Waals surface area contributed by atoms with Gasteiger partial charge in [-0.1, -0.05) is 29.4 Å². The number of carbonyl (C=O) groups is 2. The third-order valence-corrected chi connectivity index (χ3v) is 5.36. The fourth-order valence-electron chi connectivity index (χ4n) is 3.73. The molecule has 3 N–H and O–H groups in total. The largest absolute Gasteiger partial charge is 0.493 e. The highest BCUT2D eigenvalue weighted by molar-refractivity contribution is 6.22. The molecule has 172 valence electrons. The zero-order valence-corrected chi connectivity index (χ0v) is 18.2. The van der Waals surface area contributed by atoms with Crippen LogP contribution in [0.3, 0.4) is 0 Å². The van der Waals surface area contributed by atoms with E-state index >= 15 is 0 Å². The number of ether oxygens (including phenoxy) is 1. The molecule has 1 fully saturated rings. The van der Waals surface area contributed by atoms with Crippen LogP contribution in [-0.2, 0) is 9.53 Å². The number of rotatable bonds is 7. The molecule has 12 heteroatoms. The maximum atomic E-state index is 12.9. The second-order valence-corrected chi connectivity index (χ2v) is 7.61. The summed E-state index contributed by atoms with van der Waals surface area (Å²) in [4.78, 5) is 34.7. The molecular formula is C21H24N7O5+. The number of aliphatic imine (C=N–C) groups is 1. The van der Waals surface area contributed by atoms with E-state index in [1.54, 1.807) is 24.3 Å². The van der Waals surface area contributed by atoms with Crippen LogP contribution in [0, 0.1) is 0 Å². The number of hydrogen-bond acceptors (Lipinski definition) is 8. The third kappa shape index (κ3) is 4.01. The first kappa shape index (κ1) is 22.3. The average molecular weight is 454 g/mol. The van der Waals surface area contributed by atoms with Gasteiger partial charge in [0.25, 0.3) is 5.91 Å². The number of amides is 3. The predicted molar refractivity (Wildman–Crippen MR) is 119 cm³/mol. The van der Waals surface area contributed by atoms with Gasteiger partial charge in [0.05, 0.1) is 25.3 Å². The number of β-amino-alcohol motifs (C(OH)–C–C–N with tert-alkyl or cyclic N) is 1. The molecule has 0 spiro atoms. The number of aliphatic hydroxyl groups is 1. The Labute approximate surface area is 188 Å².